The smallest absolute Gasteiger partial charge is 0.356 e. The minimum atomic E-state index is -3.70. The van der Waals surface area contributed by atoms with Crippen molar-refractivity contribution in [2.45, 2.75) is 11.8 Å². The number of rotatable bonds is 3. The molecule has 9 nitrogen and oxygen atoms in total. The molecule has 0 spiro atoms. The summed E-state index contributed by atoms with van der Waals surface area (Å²) >= 11 is 0. The minimum Gasteiger partial charge on any atom is -0.360 e. The van der Waals surface area contributed by atoms with Crippen molar-refractivity contribution in [3.8, 4) is 22.4 Å². The molecule has 2 aromatic carbocycles. The third kappa shape index (κ3) is 5.21. The fraction of sp³-hybridized carbons (Fsp3) is 0.0500. The number of aromatic nitrogens is 3. The van der Waals surface area contributed by atoms with Crippen molar-refractivity contribution in [3.05, 3.63) is 93.5 Å². The van der Waals surface area contributed by atoms with E-state index in [-0.39, 0.29) is 9.68 Å². The van der Waals surface area contributed by atoms with Crippen molar-refractivity contribution in [3.63, 3.8) is 0 Å². The van der Waals surface area contributed by atoms with Crippen LogP contribution in [0, 0.1) is 6.92 Å². The van der Waals surface area contributed by atoms with Crippen molar-refractivity contribution < 1.29 is 17.4 Å². The van der Waals surface area contributed by atoms with E-state index in [1.807, 2.05) is 37.3 Å². The normalized spacial score (nSPS) is 10.9. The monoisotopic (exact) mass is 444 g/mol. The summed E-state index contributed by atoms with van der Waals surface area (Å²) in [5.41, 5.74) is 1.67. The van der Waals surface area contributed by atoms with Crippen molar-refractivity contribution in [1.29, 1.82) is 0 Å². The molecule has 0 bridgehead atoms. The molecular formula is C20H17FN4O5S. The molecule has 4 rings (SSSR count). The van der Waals surface area contributed by atoms with Crippen LogP contribution in [0.3, 0.4) is 0 Å². The molecule has 0 amide bonds. The molecular weight excluding hydrogens is 427 g/mol. The van der Waals surface area contributed by atoms with Gasteiger partial charge in [0, 0.05) is 17.8 Å². The van der Waals surface area contributed by atoms with E-state index < -0.39 is 21.3 Å². The second kappa shape index (κ2) is 8.90. The molecule has 0 aliphatic carbocycles. The van der Waals surface area contributed by atoms with Crippen molar-refractivity contribution in [2.75, 3.05) is 0 Å². The van der Waals surface area contributed by atoms with Gasteiger partial charge in [-0.1, -0.05) is 52.1 Å². The van der Waals surface area contributed by atoms with Gasteiger partial charge in [-0.25, -0.2) is 18.4 Å². The number of aromatic amines is 1. The number of halogens is 1. The molecule has 0 atom stereocenters. The Balaban J connectivity index is 0.000000254. The minimum absolute atomic E-state index is 0.0756. The third-order valence-electron chi connectivity index (χ3n) is 4.16. The standard InChI is InChI=1S/C16H14N2O3S.C4H3FN2O2/c1-11-15(12-7-9-14(10-8-12)22(17,19)20)16(18-21-11)13-5-3-2-4-6-13;5-7-2-1-3(8)6-4(7)9/h2-10H,1H3,(H2,17,19,20);1-2H,(H,6,8,9). The van der Waals surface area contributed by atoms with Crippen LogP contribution >= 0.6 is 0 Å². The van der Waals surface area contributed by atoms with Crippen LogP contribution in [0.25, 0.3) is 22.4 Å². The number of H-pyrrole nitrogens is 1. The first kappa shape index (κ1) is 21.9. The molecule has 11 heteroatoms. The molecule has 0 radical (unpaired) electrons. The van der Waals surface area contributed by atoms with E-state index in [1.165, 1.54) is 12.1 Å². The number of primary sulfonamides is 1. The van der Waals surface area contributed by atoms with E-state index in [0.717, 1.165) is 34.6 Å². The van der Waals surface area contributed by atoms with Gasteiger partial charge in [0.25, 0.3) is 5.56 Å². The van der Waals surface area contributed by atoms with Gasteiger partial charge in [0.05, 0.1) is 10.5 Å². The molecule has 0 saturated heterocycles. The Kier molecular flexibility index (Phi) is 6.28. The third-order valence-corrected chi connectivity index (χ3v) is 5.09. The lowest BCUT2D eigenvalue weighted by atomic mass is 10.00. The maximum atomic E-state index is 11.9. The summed E-state index contributed by atoms with van der Waals surface area (Å²) in [5, 5.41) is 9.23. The van der Waals surface area contributed by atoms with Crippen LogP contribution in [0.4, 0.5) is 4.48 Å². The summed E-state index contributed by atoms with van der Waals surface area (Å²) < 4.78 is 39.9. The largest absolute Gasteiger partial charge is 0.360 e. The average Bonchev–Trinajstić information content (AvgIpc) is 3.13. The van der Waals surface area contributed by atoms with E-state index in [0.29, 0.717) is 5.76 Å². The van der Waals surface area contributed by atoms with Gasteiger partial charge in [-0.3, -0.25) is 9.78 Å². The zero-order chi connectivity index (χ0) is 22.6. The van der Waals surface area contributed by atoms with E-state index in [9.17, 15) is 22.5 Å². The summed E-state index contributed by atoms with van der Waals surface area (Å²) in [6.07, 6.45) is 0.751. The molecule has 0 aliphatic heterocycles. The first-order valence-electron chi connectivity index (χ1n) is 8.80. The van der Waals surface area contributed by atoms with Gasteiger partial charge in [0.2, 0.25) is 10.0 Å². The molecule has 0 fully saturated rings. The highest BCUT2D eigenvalue weighted by Crippen LogP contribution is 2.34. The molecule has 31 heavy (non-hydrogen) atoms. The molecule has 160 valence electrons. The van der Waals surface area contributed by atoms with Gasteiger partial charge in [-0.05, 0) is 24.6 Å². The topological polar surface area (TPSA) is 141 Å². The highest BCUT2D eigenvalue weighted by Gasteiger charge is 2.17. The van der Waals surface area contributed by atoms with Gasteiger partial charge >= 0.3 is 5.69 Å². The number of nitrogens with zero attached hydrogens (tertiary/aromatic N) is 2. The Morgan fingerprint density at radius 2 is 1.65 bits per heavy atom. The molecule has 0 saturated carbocycles. The summed E-state index contributed by atoms with van der Waals surface area (Å²) in [6.45, 7) is 1.82. The van der Waals surface area contributed by atoms with Crippen LogP contribution in [0.5, 0.6) is 0 Å². The zero-order valence-corrected chi connectivity index (χ0v) is 17.0. The number of nitrogens with two attached hydrogens (primary N) is 1. The average molecular weight is 444 g/mol. The van der Waals surface area contributed by atoms with Crippen LogP contribution in [-0.4, -0.2) is 23.3 Å². The lowest BCUT2D eigenvalue weighted by Crippen LogP contribution is -2.24. The van der Waals surface area contributed by atoms with E-state index in [1.54, 1.807) is 17.1 Å². The first-order chi connectivity index (χ1) is 14.7. The van der Waals surface area contributed by atoms with Crippen LogP contribution in [-0.2, 0) is 10.0 Å². The Labute approximate surface area is 175 Å². The Morgan fingerprint density at radius 3 is 2.19 bits per heavy atom. The predicted octanol–water partition coefficient (Wildman–Crippen LogP) is 2.23. The molecule has 0 unspecified atom stereocenters. The highest BCUT2D eigenvalue weighted by atomic mass is 32.2. The fourth-order valence-electron chi connectivity index (χ4n) is 2.72. The summed E-state index contributed by atoms with van der Waals surface area (Å²) in [6, 6.07) is 16.9. The molecule has 2 heterocycles. The van der Waals surface area contributed by atoms with Gasteiger partial charge in [-0.2, -0.15) is 0 Å². The van der Waals surface area contributed by atoms with Crippen molar-refractivity contribution >= 4 is 10.0 Å². The predicted molar refractivity (Wildman–Crippen MR) is 111 cm³/mol. The van der Waals surface area contributed by atoms with Crippen LogP contribution < -0.4 is 16.4 Å². The van der Waals surface area contributed by atoms with E-state index in [2.05, 4.69) is 5.16 Å². The Hall–Kier alpha value is -3.83. The number of benzene rings is 2. The Bertz CT molecular complexity index is 1410. The number of hydrogen-bond donors (Lipinski definition) is 2. The van der Waals surface area contributed by atoms with Crippen LogP contribution in [0.15, 0.2) is 85.9 Å². The van der Waals surface area contributed by atoms with Gasteiger partial charge in [0.1, 0.15) is 11.5 Å². The number of aryl methyl sites for hydroxylation is 1. The highest BCUT2D eigenvalue weighted by molar-refractivity contribution is 7.89. The van der Waals surface area contributed by atoms with Gasteiger partial charge in [-0.15, -0.1) is 4.79 Å². The second-order valence-electron chi connectivity index (χ2n) is 6.32. The molecule has 0 aliphatic rings. The lowest BCUT2D eigenvalue weighted by molar-refractivity contribution is 0.343. The summed E-state index contributed by atoms with van der Waals surface area (Å²) in [7, 11) is -3.70. The van der Waals surface area contributed by atoms with Crippen molar-refractivity contribution in [2.24, 2.45) is 5.14 Å². The SMILES string of the molecule is Cc1onc(-c2ccccc2)c1-c1ccc(S(N)(=O)=O)cc1.O=c1ccn(F)c(=O)[nH]1. The zero-order valence-electron chi connectivity index (χ0n) is 16.2. The lowest BCUT2D eigenvalue weighted by Gasteiger charge is -2.04. The quantitative estimate of drug-likeness (QED) is 0.496. The number of hydrogen-bond acceptors (Lipinski definition) is 6. The fourth-order valence-corrected chi connectivity index (χ4v) is 3.23. The van der Waals surface area contributed by atoms with E-state index in [4.69, 9.17) is 9.66 Å². The van der Waals surface area contributed by atoms with E-state index >= 15 is 0 Å². The van der Waals surface area contributed by atoms with Gasteiger partial charge in [0.15, 0.2) is 0 Å². The number of sulfonamides is 1. The second-order valence-corrected chi connectivity index (χ2v) is 7.88. The first-order valence-corrected chi connectivity index (χ1v) is 10.3. The Morgan fingerprint density at radius 1 is 1.00 bits per heavy atom. The van der Waals surface area contributed by atoms with Crippen molar-refractivity contribution in [1.82, 2.24) is 14.9 Å². The summed E-state index contributed by atoms with van der Waals surface area (Å²) in [5.74, 6) is 0.669. The maximum absolute atomic E-state index is 11.9. The molecule has 3 N–H and O–H groups in total. The van der Waals surface area contributed by atoms with Crippen LogP contribution in [0.1, 0.15) is 5.76 Å². The maximum Gasteiger partial charge on any atom is 0.356 e. The molecule has 4 aromatic rings. The number of nitrogens with one attached hydrogen (secondary N) is 1. The summed E-state index contributed by atoms with van der Waals surface area (Å²) in [4.78, 5) is 22.0. The van der Waals surface area contributed by atoms with Crippen LogP contribution in [0.2, 0.25) is 0 Å². The van der Waals surface area contributed by atoms with Gasteiger partial charge < -0.3 is 4.52 Å². The molecule has 2 aromatic heterocycles.